The largest absolute Gasteiger partial charge is 0.290 e. The molecule has 6 atom stereocenters. The fourth-order valence-electron chi connectivity index (χ4n) is 7.14. The molecule has 0 spiro atoms. The molecule has 0 N–H and O–H groups in total. The van der Waals surface area contributed by atoms with E-state index in [1.807, 2.05) is 12.2 Å². The first-order valence-corrected chi connectivity index (χ1v) is 9.92. The van der Waals surface area contributed by atoms with E-state index in [-0.39, 0.29) is 11.2 Å². The molecule has 0 saturated heterocycles. The van der Waals surface area contributed by atoms with Crippen molar-refractivity contribution in [2.45, 2.75) is 66.2 Å². The van der Waals surface area contributed by atoms with Crippen molar-refractivity contribution in [3.8, 4) is 0 Å². The summed E-state index contributed by atoms with van der Waals surface area (Å²) in [6.45, 7) is 9.66. The fraction of sp³-hybridized carbons (Fsp3) is 0.696. The smallest absolute Gasteiger partial charge is 0.178 e. The summed E-state index contributed by atoms with van der Waals surface area (Å²) in [5.41, 5.74) is 2.37. The summed E-state index contributed by atoms with van der Waals surface area (Å²) < 4.78 is 0. The number of ketones is 1. The van der Waals surface area contributed by atoms with E-state index in [1.165, 1.54) is 37.7 Å². The zero-order valence-corrected chi connectivity index (χ0v) is 15.8. The van der Waals surface area contributed by atoms with Crippen molar-refractivity contribution in [1.82, 2.24) is 0 Å². The molecule has 4 rings (SSSR count). The van der Waals surface area contributed by atoms with Gasteiger partial charge >= 0.3 is 0 Å². The first-order chi connectivity index (χ1) is 11.3. The Balaban J connectivity index is 1.70. The molecule has 24 heavy (non-hydrogen) atoms. The lowest BCUT2D eigenvalue weighted by atomic mass is 9.46. The van der Waals surface area contributed by atoms with Crippen LogP contribution in [0.25, 0.3) is 0 Å². The second kappa shape index (κ2) is 5.19. The predicted octanol–water partition coefficient (Wildman–Crippen LogP) is 5.88. The van der Waals surface area contributed by atoms with E-state index >= 15 is 0 Å². The average Bonchev–Trinajstić information content (AvgIpc) is 2.80. The number of hydrogen-bond donors (Lipinski definition) is 0. The van der Waals surface area contributed by atoms with Crippen LogP contribution in [0, 0.1) is 34.0 Å². The first-order valence-electron chi connectivity index (χ1n) is 9.92. The van der Waals surface area contributed by atoms with Gasteiger partial charge < -0.3 is 0 Å². The normalized spacial score (nSPS) is 50.4. The van der Waals surface area contributed by atoms with Crippen LogP contribution in [0.2, 0.25) is 0 Å². The third kappa shape index (κ3) is 1.96. The maximum atomic E-state index is 11.8. The second-order valence-corrected chi connectivity index (χ2v) is 9.52. The van der Waals surface area contributed by atoms with Crippen LogP contribution in [0.3, 0.4) is 0 Å². The molecule has 0 aromatic carbocycles. The summed E-state index contributed by atoms with van der Waals surface area (Å²) in [6, 6.07) is 0. The molecule has 1 unspecified atom stereocenters. The van der Waals surface area contributed by atoms with E-state index in [2.05, 4.69) is 45.9 Å². The fourth-order valence-corrected chi connectivity index (χ4v) is 7.14. The molecule has 4 aliphatic rings. The van der Waals surface area contributed by atoms with E-state index in [0.29, 0.717) is 10.8 Å². The van der Waals surface area contributed by atoms with Gasteiger partial charge in [0.15, 0.2) is 5.78 Å². The Kier molecular flexibility index (Phi) is 3.54. The van der Waals surface area contributed by atoms with E-state index in [1.54, 1.807) is 0 Å². The Hall–Kier alpha value is -1.11. The maximum absolute atomic E-state index is 11.8. The molecular formula is C23H32O. The molecule has 0 aromatic heterocycles. The summed E-state index contributed by atoms with van der Waals surface area (Å²) in [4.78, 5) is 11.8. The number of allylic oxidation sites excluding steroid dienone is 6. The molecule has 0 bridgehead atoms. The van der Waals surface area contributed by atoms with Gasteiger partial charge in [0.25, 0.3) is 0 Å². The van der Waals surface area contributed by atoms with E-state index in [9.17, 15) is 4.79 Å². The van der Waals surface area contributed by atoms with E-state index in [4.69, 9.17) is 0 Å². The van der Waals surface area contributed by atoms with Gasteiger partial charge in [-0.15, -0.1) is 0 Å². The van der Waals surface area contributed by atoms with E-state index < -0.39 is 0 Å². The summed E-state index contributed by atoms with van der Waals surface area (Å²) in [5, 5.41) is 0. The van der Waals surface area contributed by atoms with Gasteiger partial charge in [-0.1, -0.05) is 44.6 Å². The zero-order valence-electron chi connectivity index (χ0n) is 15.8. The molecule has 0 heterocycles. The van der Waals surface area contributed by atoms with Gasteiger partial charge in [-0.25, -0.2) is 0 Å². The molecule has 3 fully saturated rings. The minimum absolute atomic E-state index is 0.137. The van der Waals surface area contributed by atoms with Gasteiger partial charge in [-0.2, -0.15) is 0 Å². The molecule has 1 heteroatoms. The lowest BCUT2D eigenvalue weighted by Gasteiger charge is -2.58. The van der Waals surface area contributed by atoms with Crippen molar-refractivity contribution in [1.29, 1.82) is 0 Å². The molecule has 4 aliphatic carbocycles. The van der Waals surface area contributed by atoms with Crippen LogP contribution in [0.1, 0.15) is 66.2 Å². The Morgan fingerprint density at radius 2 is 1.83 bits per heavy atom. The van der Waals surface area contributed by atoms with Gasteiger partial charge in [0.2, 0.25) is 0 Å². The second-order valence-electron chi connectivity index (χ2n) is 9.52. The Labute approximate surface area is 147 Å². The lowest BCUT2D eigenvalue weighted by molar-refractivity contribution is -0.111. The highest BCUT2D eigenvalue weighted by Crippen LogP contribution is 2.69. The van der Waals surface area contributed by atoms with Crippen molar-refractivity contribution in [2.75, 3.05) is 0 Å². The first kappa shape index (κ1) is 16.4. The summed E-state index contributed by atoms with van der Waals surface area (Å²) in [6.07, 6.45) is 18.6. The molecule has 0 amide bonds. The number of carbonyl (C=O) groups is 1. The molecule has 3 saturated carbocycles. The molecule has 1 nitrogen and oxygen atoms in total. The SMILES string of the molecule is C/C=C/[C@@]1(C)CC[C@H]2C3CCC4=CC(=O)C=C[C@]4(C)[C@H]3CC[C@@]21C. The third-order valence-corrected chi connectivity index (χ3v) is 8.76. The third-order valence-electron chi connectivity index (χ3n) is 8.76. The highest BCUT2D eigenvalue weighted by molar-refractivity contribution is 6.01. The van der Waals surface area contributed by atoms with Crippen molar-refractivity contribution in [3.05, 3.63) is 36.0 Å². The Morgan fingerprint density at radius 3 is 2.58 bits per heavy atom. The highest BCUT2D eigenvalue weighted by atomic mass is 16.1. The van der Waals surface area contributed by atoms with Gasteiger partial charge in [-0.3, -0.25) is 4.79 Å². The quantitative estimate of drug-likeness (QED) is 0.551. The van der Waals surface area contributed by atoms with E-state index in [0.717, 1.165) is 24.2 Å². The van der Waals surface area contributed by atoms with Crippen LogP contribution in [-0.2, 0) is 4.79 Å². The van der Waals surface area contributed by atoms with Crippen LogP contribution in [0.15, 0.2) is 36.0 Å². The summed E-state index contributed by atoms with van der Waals surface area (Å²) >= 11 is 0. The van der Waals surface area contributed by atoms with Crippen LogP contribution >= 0.6 is 0 Å². The van der Waals surface area contributed by atoms with Crippen molar-refractivity contribution in [3.63, 3.8) is 0 Å². The number of hydrogen-bond acceptors (Lipinski definition) is 1. The molecule has 130 valence electrons. The van der Waals surface area contributed by atoms with Crippen LogP contribution in [0.4, 0.5) is 0 Å². The highest BCUT2D eigenvalue weighted by Gasteiger charge is 2.61. The standard InChI is InChI=1S/C23H32O/c1-5-11-21(2)12-9-20-18-7-6-16-15-17(24)8-13-22(16,3)19(18)10-14-23(20,21)4/h5,8,11,13,15,18-20H,6-7,9-10,12,14H2,1-4H3/b11-5+/t18?,19-,20-,21-,22-,23-/m0/s1. The topological polar surface area (TPSA) is 17.1 Å². The molecule has 0 aliphatic heterocycles. The molecular weight excluding hydrogens is 292 g/mol. The van der Waals surface area contributed by atoms with Crippen molar-refractivity contribution in [2.24, 2.45) is 34.0 Å². The lowest BCUT2D eigenvalue weighted by Crippen LogP contribution is -2.51. The summed E-state index contributed by atoms with van der Waals surface area (Å²) in [5.74, 6) is 2.61. The minimum Gasteiger partial charge on any atom is -0.290 e. The monoisotopic (exact) mass is 324 g/mol. The minimum atomic E-state index is 0.137. The molecule has 0 aromatic rings. The summed E-state index contributed by atoms with van der Waals surface area (Å²) in [7, 11) is 0. The average molecular weight is 325 g/mol. The zero-order chi connectivity index (χ0) is 17.2. The van der Waals surface area contributed by atoms with Crippen LogP contribution in [-0.4, -0.2) is 5.78 Å². The van der Waals surface area contributed by atoms with Gasteiger partial charge in [-0.05, 0) is 86.2 Å². The van der Waals surface area contributed by atoms with Gasteiger partial charge in [0, 0.05) is 5.41 Å². The number of rotatable bonds is 1. The maximum Gasteiger partial charge on any atom is 0.178 e. The van der Waals surface area contributed by atoms with Crippen LogP contribution < -0.4 is 0 Å². The Morgan fingerprint density at radius 1 is 1.08 bits per heavy atom. The van der Waals surface area contributed by atoms with Gasteiger partial charge in [0.1, 0.15) is 0 Å². The predicted molar refractivity (Wildman–Crippen MR) is 99.5 cm³/mol. The van der Waals surface area contributed by atoms with Crippen LogP contribution in [0.5, 0.6) is 0 Å². The van der Waals surface area contributed by atoms with Crippen molar-refractivity contribution < 1.29 is 4.79 Å². The van der Waals surface area contributed by atoms with Crippen molar-refractivity contribution >= 4 is 5.78 Å². The number of fused-ring (bicyclic) bond motifs is 5. The Bertz CT molecular complexity index is 653. The van der Waals surface area contributed by atoms with Gasteiger partial charge in [0.05, 0.1) is 0 Å². The number of carbonyl (C=O) groups excluding carboxylic acids is 1. The molecule has 0 radical (unpaired) electrons.